The van der Waals surface area contributed by atoms with Crippen LogP contribution in [0.25, 0.3) is 0 Å². The summed E-state index contributed by atoms with van der Waals surface area (Å²) < 4.78 is 23.0. The summed E-state index contributed by atoms with van der Waals surface area (Å²) in [6, 6.07) is 3.44. The summed E-state index contributed by atoms with van der Waals surface area (Å²) in [7, 11) is 0. The minimum atomic E-state index is -2.01. The predicted octanol–water partition coefficient (Wildman–Crippen LogP) is 2.66. The molecule has 3 heteroatoms. The minimum Gasteiger partial charge on any atom is -0.423 e. The predicted molar refractivity (Wildman–Crippen MR) is 46.6 cm³/mol. The topological polar surface area (TPSA) is 18.5 Å². The molecular formula is C10H11FO2. The Bertz CT molecular complexity index is 334. The molecule has 1 aliphatic heterocycles. The van der Waals surface area contributed by atoms with Gasteiger partial charge in [-0.2, -0.15) is 4.39 Å². The first-order valence-electron chi connectivity index (χ1n) is 4.30. The van der Waals surface area contributed by atoms with E-state index in [4.69, 9.17) is 9.47 Å². The van der Waals surface area contributed by atoms with Crippen LogP contribution >= 0.6 is 0 Å². The van der Waals surface area contributed by atoms with Crippen molar-refractivity contribution in [3.05, 3.63) is 23.8 Å². The van der Waals surface area contributed by atoms with Gasteiger partial charge in [0, 0.05) is 6.92 Å². The molecule has 1 atom stereocenters. The highest BCUT2D eigenvalue weighted by Gasteiger charge is 2.36. The van der Waals surface area contributed by atoms with Gasteiger partial charge in [-0.05, 0) is 24.1 Å². The monoisotopic (exact) mass is 182 g/mol. The second-order valence-corrected chi connectivity index (χ2v) is 3.17. The summed E-state index contributed by atoms with van der Waals surface area (Å²) in [6.07, 6.45) is 0.902. The lowest BCUT2D eigenvalue weighted by atomic mass is 10.1. The molecule has 1 aromatic rings. The summed E-state index contributed by atoms with van der Waals surface area (Å²) in [5.74, 6) is 0.964. The van der Waals surface area contributed by atoms with Gasteiger partial charge in [0.1, 0.15) is 0 Å². The number of ether oxygens (including phenoxy) is 2. The van der Waals surface area contributed by atoms with Crippen molar-refractivity contribution in [2.75, 3.05) is 0 Å². The van der Waals surface area contributed by atoms with Gasteiger partial charge in [0.15, 0.2) is 11.5 Å². The molecule has 0 saturated carbocycles. The van der Waals surface area contributed by atoms with Crippen LogP contribution in [-0.4, -0.2) is 6.04 Å². The van der Waals surface area contributed by atoms with Gasteiger partial charge in [-0.1, -0.05) is 13.0 Å². The van der Waals surface area contributed by atoms with E-state index in [1.165, 1.54) is 6.92 Å². The van der Waals surface area contributed by atoms with E-state index in [1.807, 2.05) is 13.0 Å². The van der Waals surface area contributed by atoms with Gasteiger partial charge in [-0.25, -0.2) is 0 Å². The second-order valence-electron chi connectivity index (χ2n) is 3.17. The van der Waals surface area contributed by atoms with Gasteiger partial charge in [0.25, 0.3) is 0 Å². The fraction of sp³-hybridized carbons (Fsp3) is 0.400. The van der Waals surface area contributed by atoms with Crippen LogP contribution in [0.5, 0.6) is 11.5 Å². The molecule has 0 saturated heterocycles. The van der Waals surface area contributed by atoms with Gasteiger partial charge < -0.3 is 9.47 Å². The van der Waals surface area contributed by atoms with Crippen LogP contribution in [-0.2, 0) is 6.42 Å². The van der Waals surface area contributed by atoms with Crippen LogP contribution < -0.4 is 9.47 Å². The third kappa shape index (κ3) is 1.46. The fourth-order valence-corrected chi connectivity index (χ4v) is 1.35. The molecule has 2 nitrogen and oxygen atoms in total. The third-order valence-corrected chi connectivity index (χ3v) is 2.00. The molecule has 1 heterocycles. The maximum atomic E-state index is 13.2. The van der Waals surface area contributed by atoms with Crippen molar-refractivity contribution < 1.29 is 13.9 Å². The van der Waals surface area contributed by atoms with Crippen LogP contribution in [0, 0.1) is 0 Å². The highest BCUT2D eigenvalue weighted by atomic mass is 19.2. The van der Waals surface area contributed by atoms with Crippen molar-refractivity contribution >= 4 is 0 Å². The van der Waals surface area contributed by atoms with E-state index >= 15 is 0 Å². The average molecular weight is 182 g/mol. The molecule has 0 amide bonds. The normalized spacial score (nSPS) is 24.8. The number of hydrogen-bond acceptors (Lipinski definition) is 2. The number of hydrogen-bond donors (Lipinski definition) is 0. The lowest BCUT2D eigenvalue weighted by Gasteiger charge is -2.10. The Hall–Kier alpha value is -1.25. The van der Waals surface area contributed by atoms with Gasteiger partial charge in [0.05, 0.1) is 0 Å². The SMILES string of the molecule is CCc1ccc2c(c1)OC(C)(F)O2. The minimum absolute atomic E-state index is 0.474. The number of rotatable bonds is 1. The first-order valence-corrected chi connectivity index (χ1v) is 4.30. The molecule has 70 valence electrons. The average Bonchev–Trinajstić information content (AvgIpc) is 2.36. The number of fused-ring (bicyclic) bond motifs is 1. The Labute approximate surface area is 76.3 Å². The fourth-order valence-electron chi connectivity index (χ4n) is 1.35. The molecular weight excluding hydrogens is 171 g/mol. The van der Waals surface area contributed by atoms with Crippen LogP contribution in [0.3, 0.4) is 0 Å². The van der Waals surface area contributed by atoms with Gasteiger partial charge in [-0.15, -0.1) is 0 Å². The third-order valence-electron chi connectivity index (χ3n) is 2.00. The summed E-state index contributed by atoms with van der Waals surface area (Å²) in [6.45, 7) is 3.28. The molecule has 0 radical (unpaired) electrons. The highest BCUT2D eigenvalue weighted by Crippen LogP contribution is 2.40. The lowest BCUT2D eigenvalue weighted by Crippen LogP contribution is -2.27. The second kappa shape index (κ2) is 2.62. The summed E-state index contributed by atoms with van der Waals surface area (Å²) in [4.78, 5) is 0. The van der Waals surface area contributed by atoms with Crippen molar-refractivity contribution in [3.8, 4) is 11.5 Å². The molecule has 1 unspecified atom stereocenters. The first-order chi connectivity index (χ1) is 6.11. The largest absolute Gasteiger partial charge is 0.423 e. The van der Waals surface area contributed by atoms with Crippen LogP contribution in [0.15, 0.2) is 18.2 Å². The van der Waals surface area contributed by atoms with Crippen molar-refractivity contribution in [3.63, 3.8) is 0 Å². The number of alkyl halides is 1. The Morgan fingerprint density at radius 2 is 2.00 bits per heavy atom. The number of aryl methyl sites for hydroxylation is 1. The quantitative estimate of drug-likeness (QED) is 0.664. The Morgan fingerprint density at radius 1 is 1.31 bits per heavy atom. The Morgan fingerprint density at radius 3 is 2.69 bits per heavy atom. The van der Waals surface area contributed by atoms with Crippen LogP contribution in [0.1, 0.15) is 19.4 Å². The van der Waals surface area contributed by atoms with E-state index in [0.717, 1.165) is 12.0 Å². The molecule has 0 spiro atoms. The van der Waals surface area contributed by atoms with Crippen molar-refractivity contribution in [2.24, 2.45) is 0 Å². The standard InChI is InChI=1S/C10H11FO2/c1-3-7-4-5-8-9(6-7)13-10(2,11)12-8/h4-6H,3H2,1-2H3. The van der Waals surface area contributed by atoms with E-state index in [-0.39, 0.29) is 0 Å². The van der Waals surface area contributed by atoms with Gasteiger partial charge in [0.2, 0.25) is 0 Å². The van der Waals surface area contributed by atoms with Crippen molar-refractivity contribution in [1.82, 2.24) is 0 Å². The molecule has 13 heavy (non-hydrogen) atoms. The maximum Gasteiger partial charge on any atom is 0.404 e. The lowest BCUT2D eigenvalue weighted by molar-refractivity contribution is -0.173. The highest BCUT2D eigenvalue weighted by molar-refractivity contribution is 5.45. The molecule has 0 N–H and O–H groups in total. The van der Waals surface area contributed by atoms with Crippen molar-refractivity contribution in [1.29, 1.82) is 0 Å². The zero-order chi connectivity index (χ0) is 9.47. The first kappa shape index (κ1) is 8.35. The van der Waals surface area contributed by atoms with Crippen LogP contribution in [0.2, 0.25) is 0 Å². The van der Waals surface area contributed by atoms with Crippen LogP contribution in [0.4, 0.5) is 4.39 Å². The number of halogens is 1. The summed E-state index contributed by atoms with van der Waals surface area (Å²) in [5, 5.41) is 0. The van der Waals surface area contributed by atoms with E-state index in [0.29, 0.717) is 11.5 Å². The van der Waals surface area contributed by atoms with Crippen molar-refractivity contribution in [2.45, 2.75) is 26.3 Å². The zero-order valence-electron chi connectivity index (χ0n) is 7.63. The molecule has 0 bridgehead atoms. The van der Waals surface area contributed by atoms with E-state index < -0.39 is 6.04 Å². The van der Waals surface area contributed by atoms with Gasteiger partial charge >= 0.3 is 6.04 Å². The van der Waals surface area contributed by atoms with E-state index in [2.05, 4.69) is 0 Å². The Balaban J connectivity index is 2.36. The molecule has 0 fully saturated rings. The maximum absolute atomic E-state index is 13.2. The zero-order valence-corrected chi connectivity index (χ0v) is 7.63. The molecule has 1 aromatic carbocycles. The summed E-state index contributed by atoms with van der Waals surface area (Å²) in [5.41, 5.74) is 1.11. The van der Waals surface area contributed by atoms with E-state index in [1.54, 1.807) is 12.1 Å². The summed E-state index contributed by atoms with van der Waals surface area (Å²) >= 11 is 0. The molecule has 2 rings (SSSR count). The molecule has 1 aliphatic rings. The molecule has 0 aliphatic carbocycles. The molecule has 0 aromatic heterocycles. The smallest absolute Gasteiger partial charge is 0.404 e. The Kier molecular flexibility index (Phi) is 1.68. The van der Waals surface area contributed by atoms with E-state index in [9.17, 15) is 4.39 Å². The number of benzene rings is 1. The van der Waals surface area contributed by atoms with Gasteiger partial charge in [-0.3, -0.25) is 0 Å².